The molecule has 0 aliphatic carbocycles. The first-order valence-electron chi connectivity index (χ1n) is 4.04. The Balaban J connectivity index is 4.60. The van der Waals surface area contributed by atoms with E-state index in [4.69, 9.17) is 5.11 Å². The monoisotopic (exact) mass is 252 g/mol. The molecule has 0 spiro atoms. The second kappa shape index (κ2) is 6.08. The molecule has 9 heteroatoms. The van der Waals surface area contributed by atoms with Crippen LogP contribution in [0.1, 0.15) is 6.42 Å². The number of hydrogen-bond acceptors (Lipinski definition) is 5. The van der Waals surface area contributed by atoms with E-state index in [9.17, 15) is 18.0 Å². The molecule has 0 aromatic carbocycles. The fourth-order valence-electron chi connectivity index (χ4n) is 0.734. The first-order chi connectivity index (χ1) is 7.32. The van der Waals surface area contributed by atoms with Crippen molar-refractivity contribution in [1.82, 2.24) is 9.44 Å². The highest BCUT2D eigenvalue weighted by Gasteiger charge is 2.24. The zero-order chi connectivity index (χ0) is 12.8. The van der Waals surface area contributed by atoms with E-state index in [-0.39, 0.29) is 6.42 Å². The fraction of sp³-hybridized carbons (Fsp3) is 0.429. The highest BCUT2D eigenvalue weighted by atomic mass is 32.2. The van der Waals surface area contributed by atoms with Crippen LogP contribution < -0.4 is 9.44 Å². The van der Waals surface area contributed by atoms with Crippen LogP contribution in [0.25, 0.3) is 0 Å². The van der Waals surface area contributed by atoms with E-state index in [1.165, 1.54) is 10.8 Å². The molecule has 0 aliphatic rings. The van der Waals surface area contributed by atoms with Gasteiger partial charge in [-0.3, -0.25) is 4.79 Å². The van der Waals surface area contributed by atoms with Crippen molar-refractivity contribution in [2.75, 3.05) is 7.11 Å². The summed E-state index contributed by atoms with van der Waals surface area (Å²) in [5.74, 6) is -1.38. The van der Waals surface area contributed by atoms with Crippen LogP contribution in [0.3, 0.4) is 0 Å². The third-order valence-corrected chi connectivity index (χ3v) is 2.43. The number of carbonyl (C=O) groups is 2. The van der Waals surface area contributed by atoms with Crippen LogP contribution in [0.4, 0.5) is 4.79 Å². The molecule has 1 atom stereocenters. The minimum Gasteiger partial charge on any atom is -0.480 e. The van der Waals surface area contributed by atoms with E-state index in [1.54, 1.807) is 4.72 Å². The van der Waals surface area contributed by atoms with E-state index in [0.717, 1.165) is 7.11 Å². The minimum atomic E-state index is -4.26. The van der Waals surface area contributed by atoms with Gasteiger partial charge in [0, 0.05) is 0 Å². The summed E-state index contributed by atoms with van der Waals surface area (Å²) in [5.41, 5.74) is 0. The Morgan fingerprint density at radius 3 is 2.50 bits per heavy atom. The first-order valence-corrected chi connectivity index (χ1v) is 5.52. The van der Waals surface area contributed by atoms with Crippen LogP contribution in [-0.2, 0) is 19.7 Å². The van der Waals surface area contributed by atoms with E-state index < -0.39 is 28.3 Å². The lowest BCUT2D eigenvalue weighted by molar-refractivity contribution is -0.138. The second-order valence-corrected chi connectivity index (χ2v) is 4.08. The predicted molar refractivity (Wildman–Crippen MR) is 53.8 cm³/mol. The maximum Gasteiger partial charge on any atom is 0.421 e. The lowest BCUT2D eigenvalue weighted by atomic mass is 10.2. The van der Waals surface area contributed by atoms with E-state index in [1.807, 2.05) is 0 Å². The number of carboxylic acid groups (broad SMARTS) is 1. The van der Waals surface area contributed by atoms with Crippen LogP contribution in [-0.4, -0.2) is 38.7 Å². The minimum absolute atomic E-state index is 0.114. The van der Waals surface area contributed by atoms with Crippen LogP contribution in [0.2, 0.25) is 0 Å². The third kappa shape index (κ3) is 5.32. The molecular weight excluding hydrogens is 240 g/mol. The Morgan fingerprint density at radius 1 is 1.56 bits per heavy atom. The van der Waals surface area contributed by atoms with Gasteiger partial charge < -0.3 is 9.84 Å². The summed E-state index contributed by atoms with van der Waals surface area (Å²) >= 11 is 0. The standard InChI is InChI=1S/C7H12N2O6S/c1-3-4-5(6(10)11)8-16(13,14)9-7(12)15-2/h3,5,8H,1,4H2,2H3,(H,9,12)(H,10,11). The number of methoxy groups -OCH3 is 1. The zero-order valence-electron chi connectivity index (χ0n) is 8.47. The van der Waals surface area contributed by atoms with Crippen molar-refractivity contribution in [2.24, 2.45) is 0 Å². The molecule has 0 aromatic rings. The Kier molecular flexibility index (Phi) is 5.47. The number of rotatable bonds is 6. The molecule has 3 N–H and O–H groups in total. The third-order valence-electron chi connectivity index (χ3n) is 1.40. The van der Waals surface area contributed by atoms with Gasteiger partial charge in [0.15, 0.2) is 0 Å². The molecular formula is C7H12N2O6S. The average Bonchev–Trinajstić information content (AvgIpc) is 2.15. The van der Waals surface area contributed by atoms with Gasteiger partial charge in [0.25, 0.3) is 0 Å². The Morgan fingerprint density at radius 2 is 2.12 bits per heavy atom. The van der Waals surface area contributed by atoms with Crippen LogP contribution >= 0.6 is 0 Å². The fourth-order valence-corrected chi connectivity index (χ4v) is 1.67. The Labute approximate surface area is 92.5 Å². The maximum atomic E-state index is 11.2. The number of amides is 1. The number of carbonyl (C=O) groups excluding carboxylic acids is 1. The largest absolute Gasteiger partial charge is 0.480 e. The zero-order valence-corrected chi connectivity index (χ0v) is 9.28. The number of ether oxygens (including phenoxy) is 1. The summed E-state index contributed by atoms with van der Waals surface area (Å²) in [6, 6.07) is -1.39. The van der Waals surface area contributed by atoms with Crippen LogP contribution in [0, 0.1) is 0 Å². The molecule has 0 rings (SSSR count). The predicted octanol–water partition coefficient (Wildman–Crippen LogP) is -0.794. The van der Waals surface area contributed by atoms with Gasteiger partial charge in [-0.1, -0.05) is 6.08 Å². The summed E-state index contributed by atoms with van der Waals surface area (Å²) < 4.78 is 29.6. The van der Waals surface area contributed by atoms with Gasteiger partial charge in [-0.05, 0) is 6.42 Å². The van der Waals surface area contributed by atoms with Gasteiger partial charge in [-0.15, -0.1) is 6.58 Å². The highest BCUT2D eigenvalue weighted by molar-refractivity contribution is 7.88. The van der Waals surface area contributed by atoms with Gasteiger partial charge in [-0.25, -0.2) is 9.52 Å². The average molecular weight is 252 g/mol. The second-order valence-electron chi connectivity index (χ2n) is 2.63. The van der Waals surface area contributed by atoms with Crippen molar-refractivity contribution >= 4 is 22.3 Å². The molecule has 0 saturated heterocycles. The Hall–Kier alpha value is -1.61. The molecule has 1 amide bonds. The van der Waals surface area contributed by atoms with Crippen molar-refractivity contribution in [1.29, 1.82) is 0 Å². The summed E-state index contributed by atoms with van der Waals surface area (Å²) in [6.07, 6.45) is -0.0908. The molecule has 0 saturated carbocycles. The molecule has 92 valence electrons. The molecule has 0 bridgehead atoms. The first kappa shape index (κ1) is 14.4. The van der Waals surface area contributed by atoms with E-state index in [2.05, 4.69) is 11.3 Å². The number of nitrogens with one attached hydrogen (secondary N) is 2. The van der Waals surface area contributed by atoms with Gasteiger partial charge >= 0.3 is 22.3 Å². The van der Waals surface area contributed by atoms with Crippen molar-refractivity contribution in [3.63, 3.8) is 0 Å². The summed E-state index contributed by atoms with van der Waals surface area (Å²) in [5, 5.41) is 8.64. The molecule has 1 unspecified atom stereocenters. The topological polar surface area (TPSA) is 122 Å². The smallest absolute Gasteiger partial charge is 0.421 e. The van der Waals surface area contributed by atoms with Crippen molar-refractivity contribution < 1.29 is 27.9 Å². The van der Waals surface area contributed by atoms with Crippen molar-refractivity contribution in [3.05, 3.63) is 12.7 Å². The highest BCUT2D eigenvalue weighted by Crippen LogP contribution is 1.95. The molecule has 0 aliphatic heterocycles. The molecule has 0 radical (unpaired) electrons. The number of hydrogen-bond donors (Lipinski definition) is 3. The molecule has 0 heterocycles. The summed E-state index contributed by atoms with van der Waals surface area (Å²) in [6.45, 7) is 3.28. The molecule has 0 aromatic heterocycles. The molecule has 0 fully saturated rings. The van der Waals surface area contributed by atoms with Gasteiger partial charge in [-0.2, -0.15) is 13.1 Å². The van der Waals surface area contributed by atoms with Crippen molar-refractivity contribution in [3.8, 4) is 0 Å². The van der Waals surface area contributed by atoms with E-state index >= 15 is 0 Å². The quantitative estimate of drug-likeness (QED) is 0.532. The number of carboxylic acids is 1. The van der Waals surface area contributed by atoms with Gasteiger partial charge in [0.2, 0.25) is 0 Å². The normalized spacial score (nSPS) is 12.6. The van der Waals surface area contributed by atoms with E-state index in [0.29, 0.717) is 0 Å². The van der Waals surface area contributed by atoms with Crippen molar-refractivity contribution in [2.45, 2.75) is 12.5 Å². The Bertz CT molecular complexity index is 376. The van der Waals surface area contributed by atoms with Crippen LogP contribution in [0.5, 0.6) is 0 Å². The lowest BCUT2D eigenvalue weighted by Crippen LogP contribution is -2.47. The molecule has 8 nitrogen and oxygen atoms in total. The maximum absolute atomic E-state index is 11.2. The summed E-state index contributed by atoms with van der Waals surface area (Å²) in [7, 11) is -3.29. The lowest BCUT2D eigenvalue weighted by Gasteiger charge is -2.12. The van der Waals surface area contributed by atoms with Gasteiger partial charge in [0.05, 0.1) is 7.11 Å². The molecule has 16 heavy (non-hydrogen) atoms. The summed E-state index contributed by atoms with van der Waals surface area (Å²) in [4.78, 5) is 21.2. The number of aliphatic carboxylic acids is 1. The SMILES string of the molecule is C=CCC(NS(=O)(=O)NC(=O)OC)C(=O)O. The van der Waals surface area contributed by atoms with Gasteiger partial charge in [0.1, 0.15) is 6.04 Å². The van der Waals surface area contributed by atoms with Crippen LogP contribution in [0.15, 0.2) is 12.7 Å².